The van der Waals surface area contributed by atoms with Gasteiger partial charge in [-0.25, -0.2) is 19.3 Å². The van der Waals surface area contributed by atoms with E-state index in [4.69, 9.17) is 15.1 Å². The molecule has 2 N–H and O–H groups in total. The lowest BCUT2D eigenvalue weighted by Crippen LogP contribution is -2.36. The minimum atomic E-state index is -0.247. The van der Waals surface area contributed by atoms with Gasteiger partial charge in [0, 0.05) is 31.4 Å². The third-order valence-electron chi connectivity index (χ3n) is 7.19. The number of nitrogens with one attached hydrogen (secondary N) is 2. The van der Waals surface area contributed by atoms with Crippen molar-refractivity contribution in [1.29, 1.82) is 5.41 Å². The molecule has 2 aliphatic rings. The first-order valence-electron chi connectivity index (χ1n) is 13.2. The highest BCUT2D eigenvalue weighted by Gasteiger charge is 2.27. The fourth-order valence-corrected chi connectivity index (χ4v) is 5.18. The van der Waals surface area contributed by atoms with Crippen LogP contribution in [0.5, 0.6) is 0 Å². The summed E-state index contributed by atoms with van der Waals surface area (Å²) in [5, 5.41) is 8.62. The second-order valence-corrected chi connectivity index (χ2v) is 9.72. The van der Waals surface area contributed by atoms with E-state index in [-0.39, 0.29) is 11.9 Å². The molecule has 4 aromatic rings. The van der Waals surface area contributed by atoms with Crippen molar-refractivity contribution in [2.45, 2.75) is 18.9 Å². The summed E-state index contributed by atoms with van der Waals surface area (Å²) in [5.74, 6) is 1.72. The zero-order valence-electron chi connectivity index (χ0n) is 21.6. The van der Waals surface area contributed by atoms with Gasteiger partial charge in [0.2, 0.25) is 0 Å². The van der Waals surface area contributed by atoms with Crippen LogP contribution in [0.4, 0.5) is 10.2 Å². The van der Waals surface area contributed by atoms with Crippen LogP contribution in [0.3, 0.4) is 0 Å². The highest BCUT2D eigenvalue weighted by atomic mass is 19.1. The van der Waals surface area contributed by atoms with Gasteiger partial charge in [-0.2, -0.15) is 0 Å². The lowest BCUT2D eigenvalue weighted by Gasteiger charge is -2.27. The quantitative estimate of drug-likeness (QED) is 0.262. The summed E-state index contributed by atoms with van der Waals surface area (Å²) in [4.78, 5) is 21.5. The number of hydrogen-bond acceptors (Lipinski definition) is 6. The summed E-state index contributed by atoms with van der Waals surface area (Å²) < 4.78 is 19.2. The number of halogens is 1. The molecule has 8 nitrogen and oxygen atoms in total. The molecule has 198 valence electrons. The van der Waals surface area contributed by atoms with Crippen molar-refractivity contribution < 1.29 is 9.13 Å². The Morgan fingerprint density at radius 1 is 1.00 bits per heavy atom. The maximum atomic E-state index is 13.8. The highest BCUT2D eigenvalue weighted by Crippen LogP contribution is 2.32. The first-order chi connectivity index (χ1) is 19.1. The third kappa shape index (κ3) is 5.58. The molecular formula is C30H30FN7O. The Hall–Kier alpha value is -4.37. The Kier molecular flexibility index (Phi) is 7.14. The van der Waals surface area contributed by atoms with Crippen LogP contribution >= 0.6 is 0 Å². The van der Waals surface area contributed by atoms with Gasteiger partial charge in [-0.3, -0.25) is 5.41 Å². The van der Waals surface area contributed by atoms with Crippen molar-refractivity contribution >= 4 is 17.7 Å². The number of aromatic nitrogens is 4. The smallest absolute Gasteiger partial charge is 0.130 e. The van der Waals surface area contributed by atoms with Gasteiger partial charge in [0.1, 0.15) is 23.3 Å². The molecule has 0 aliphatic carbocycles. The number of likely N-dealkylation sites (tertiary alicyclic amines) is 1. The standard InChI is InChI=1S/C30H30FN7O/c31-23-5-1-4-21(18-23)27-8-3-13-38(27)28(32)10-11-29-33-20-26(36-29)25-7-2-6-24(35-25)22-9-12-30(34-19-22)37-14-16-39-17-15-37/h1-2,4-7,9-12,18-20,27,32H,3,8,13-17H2,(H,33,36)/b11-10-,32-28?. The first-order valence-corrected chi connectivity index (χ1v) is 13.2. The summed E-state index contributed by atoms with van der Waals surface area (Å²) in [6.07, 6.45) is 9.02. The minimum Gasteiger partial charge on any atom is -0.378 e. The molecule has 6 rings (SSSR count). The van der Waals surface area contributed by atoms with E-state index in [2.05, 4.69) is 19.9 Å². The van der Waals surface area contributed by atoms with Crippen LogP contribution in [-0.4, -0.2) is 63.5 Å². The van der Waals surface area contributed by atoms with Crippen molar-refractivity contribution in [3.05, 3.63) is 90.3 Å². The molecule has 0 amide bonds. The minimum absolute atomic E-state index is 0.00868. The molecule has 2 aliphatic heterocycles. The summed E-state index contributed by atoms with van der Waals surface area (Å²) in [6, 6.07) is 16.6. The van der Waals surface area contributed by atoms with Crippen LogP contribution in [0.25, 0.3) is 28.7 Å². The van der Waals surface area contributed by atoms with Crippen molar-refractivity contribution in [2.75, 3.05) is 37.7 Å². The largest absolute Gasteiger partial charge is 0.378 e. The number of benzene rings is 1. The number of hydrogen-bond donors (Lipinski definition) is 2. The molecule has 39 heavy (non-hydrogen) atoms. The molecule has 1 unspecified atom stereocenters. The SMILES string of the molecule is N=C(/C=C\c1ncc(-c2cccc(-c3ccc(N4CCOCC4)nc3)n2)[nH]1)N1CCCC1c1cccc(F)c1. The van der Waals surface area contributed by atoms with Gasteiger partial charge >= 0.3 is 0 Å². The molecule has 5 heterocycles. The maximum Gasteiger partial charge on any atom is 0.130 e. The Morgan fingerprint density at radius 3 is 2.67 bits per heavy atom. The van der Waals surface area contributed by atoms with Gasteiger partial charge in [-0.05, 0) is 67.0 Å². The van der Waals surface area contributed by atoms with Crippen LogP contribution in [-0.2, 0) is 4.74 Å². The fourth-order valence-electron chi connectivity index (χ4n) is 5.18. The van der Waals surface area contributed by atoms with Crippen LogP contribution in [0.1, 0.15) is 30.3 Å². The number of H-pyrrole nitrogens is 1. The number of morpholine rings is 1. The molecular weight excluding hydrogens is 493 g/mol. The van der Waals surface area contributed by atoms with Gasteiger partial charge in [0.05, 0.1) is 42.5 Å². The number of aromatic amines is 1. The van der Waals surface area contributed by atoms with Crippen molar-refractivity contribution in [3.63, 3.8) is 0 Å². The number of imidazole rings is 1. The fraction of sp³-hybridized carbons (Fsp3) is 0.267. The van der Waals surface area contributed by atoms with Crippen LogP contribution < -0.4 is 4.90 Å². The Labute approximate surface area is 226 Å². The second-order valence-electron chi connectivity index (χ2n) is 9.72. The predicted molar refractivity (Wildman–Crippen MR) is 150 cm³/mol. The maximum absolute atomic E-state index is 13.8. The Morgan fingerprint density at radius 2 is 1.85 bits per heavy atom. The number of rotatable bonds is 6. The molecule has 0 spiro atoms. The van der Waals surface area contributed by atoms with Gasteiger partial charge in [-0.1, -0.05) is 18.2 Å². The topological polar surface area (TPSA) is 94.0 Å². The number of amidine groups is 1. The van der Waals surface area contributed by atoms with Gasteiger partial charge in [-0.15, -0.1) is 0 Å². The number of nitrogens with zero attached hydrogens (tertiary/aromatic N) is 5. The lowest BCUT2D eigenvalue weighted by atomic mass is 10.0. The third-order valence-corrected chi connectivity index (χ3v) is 7.19. The van der Waals surface area contributed by atoms with Crippen LogP contribution in [0.2, 0.25) is 0 Å². The van der Waals surface area contributed by atoms with Crippen LogP contribution in [0.15, 0.2) is 73.1 Å². The van der Waals surface area contributed by atoms with E-state index in [1.54, 1.807) is 30.5 Å². The first kappa shape index (κ1) is 24.9. The van der Waals surface area contributed by atoms with E-state index >= 15 is 0 Å². The highest BCUT2D eigenvalue weighted by molar-refractivity contribution is 5.94. The number of pyridine rings is 2. The van der Waals surface area contributed by atoms with E-state index in [9.17, 15) is 4.39 Å². The number of anilines is 1. The van der Waals surface area contributed by atoms with Crippen molar-refractivity contribution in [1.82, 2.24) is 24.8 Å². The summed E-state index contributed by atoms with van der Waals surface area (Å²) in [5.41, 5.74) is 4.25. The zero-order chi connectivity index (χ0) is 26.6. The van der Waals surface area contributed by atoms with E-state index in [1.165, 1.54) is 6.07 Å². The molecule has 9 heteroatoms. The molecule has 0 radical (unpaired) electrons. The summed E-state index contributed by atoms with van der Waals surface area (Å²) >= 11 is 0. The summed E-state index contributed by atoms with van der Waals surface area (Å²) in [7, 11) is 0. The molecule has 3 aromatic heterocycles. The van der Waals surface area contributed by atoms with Gasteiger partial charge in [0.15, 0.2) is 0 Å². The van der Waals surface area contributed by atoms with E-state index in [0.717, 1.165) is 79.7 Å². The Balaban J connectivity index is 1.14. The zero-order valence-corrected chi connectivity index (χ0v) is 21.6. The van der Waals surface area contributed by atoms with Gasteiger partial charge in [0.25, 0.3) is 0 Å². The summed E-state index contributed by atoms with van der Waals surface area (Å²) in [6.45, 7) is 3.92. The predicted octanol–water partition coefficient (Wildman–Crippen LogP) is 5.34. The van der Waals surface area contributed by atoms with E-state index in [0.29, 0.717) is 11.7 Å². The monoisotopic (exact) mass is 523 g/mol. The molecule has 0 bridgehead atoms. The Bertz CT molecular complexity index is 1480. The molecule has 2 fully saturated rings. The number of ether oxygens (including phenoxy) is 1. The molecule has 0 saturated carbocycles. The normalized spacial score (nSPS) is 17.7. The van der Waals surface area contributed by atoms with Gasteiger partial charge < -0.3 is 19.5 Å². The lowest BCUT2D eigenvalue weighted by molar-refractivity contribution is 0.122. The van der Waals surface area contributed by atoms with Crippen molar-refractivity contribution in [2.24, 2.45) is 0 Å². The average molecular weight is 524 g/mol. The average Bonchev–Trinajstić information content (AvgIpc) is 3.67. The second kappa shape index (κ2) is 11.2. The molecule has 1 aromatic carbocycles. The molecule has 2 saturated heterocycles. The van der Waals surface area contributed by atoms with Crippen molar-refractivity contribution in [3.8, 4) is 22.6 Å². The van der Waals surface area contributed by atoms with Crippen LogP contribution in [0, 0.1) is 11.2 Å². The molecule has 1 atom stereocenters. The van der Waals surface area contributed by atoms with E-state index < -0.39 is 0 Å². The van der Waals surface area contributed by atoms with E-state index in [1.807, 2.05) is 47.5 Å².